The largest absolute Gasteiger partial charge is 1.00 e. The first-order valence-electron chi connectivity index (χ1n) is 3.98. The van der Waals surface area contributed by atoms with E-state index in [1.54, 1.807) is 12.1 Å². The molecule has 0 aliphatic heterocycles. The summed E-state index contributed by atoms with van der Waals surface area (Å²) in [7, 11) is 0. The molecule has 0 aliphatic carbocycles. The van der Waals surface area contributed by atoms with E-state index in [2.05, 4.69) is 0 Å². The molecule has 0 saturated carbocycles. The fourth-order valence-electron chi connectivity index (χ4n) is 1.02. The van der Waals surface area contributed by atoms with Crippen molar-refractivity contribution in [2.75, 3.05) is 6.61 Å². The Morgan fingerprint density at radius 1 is 1.50 bits per heavy atom. The van der Waals surface area contributed by atoms with Crippen LogP contribution in [-0.4, -0.2) is 15.4 Å². The van der Waals surface area contributed by atoms with Crippen LogP contribution in [0.1, 0.15) is 12.5 Å². The molecular weight excluding hydrogens is 211 g/mol. The molecule has 1 aromatic rings. The van der Waals surface area contributed by atoms with E-state index in [9.17, 15) is 8.76 Å². The summed E-state index contributed by atoms with van der Waals surface area (Å²) in [4.78, 5) is 0.224. The number of rotatable bonds is 3. The number of aryl methyl sites for hydroxylation is 1. The van der Waals surface area contributed by atoms with Crippen molar-refractivity contribution in [1.29, 1.82) is 0 Å². The summed E-state index contributed by atoms with van der Waals surface area (Å²) in [6.07, 6.45) is 0. The fraction of sp³-hybridized carbons (Fsp3) is 0.333. The zero-order chi connectivity index (χ0) is 9.84. The van der Waals surface area contributed by atoms with Crippen LogP contribution in [0.3, 0.4) is 0 Å². The summed E-state index contributed by atoms with van der Waals surface area (Å²) in [6.45, 7) is 4.12. The van der Waals surface area contributed by atoms with Gasteiger partial charge in [-0.05, 0) is 42.6 Å². The molecule has 1 unspecified atom stereocenters. The number of hydrogen-bond donors (Lipinski definition) is 0. The minimum absolute atomic E-state index is 0. The average molecular weight is 222 g/mol. The van der Waals surface area contributed by atoms with Crippen molar-refractivity contribution in [2.45, 2.75) is 18.7 Å². The molecule has 72 valence electrons. The maximum absolute atomic E-state index is 10.8. The van der Waals surface area contributed by atoms with Crippen LogP contribution in [0.4, 0.5) is 0 Å². The normalized spacial score (nSPS) is 11.6. The van der Waals surface area contributed by atoms with Crippen LogP contribution >= 0.6 is 0 Å². The monoisotopic (exact) mass is 222 g/mol. The van der Waals surface area contributed by atoms with Crippen LogP contribution in [0, 0.1) is 6.92 Å². The summed E-state index contributed by atoms with van der Waals surface area (Å²) in [5.41, 5.74) is 0.905. The van der Waals surface area contributed by atoms with Crippen molar-refractivity contribution < 1.29 is 43.1 Å². The summed E-state index contributed by atoms with van der Waals surface area (Å²) in [5, 5.41) is 0. The van der Waals surface area contributed by atoms with Gasteiger partial charge in [-0.15, -0.1) is 0 Å². The molecule has 0 N–H and O–H groups in total. The Bertz CT molecular complexity index is 328. The van der Waals surface area contributed by atoms with E-state index in [1.807, 2.05) is 19.9 Å². The SMILES string of the molecule is CCOc1ccc(C)cc1S(=O)[O-].[Na+]. The molecule has 1 rings (SSSR count). The van der Waals surface area contributed by atoms with E-state index < -0.39 is 11.1 Å². The Labute approximate surface area is 108 Å². The van der Waals surface area contributed by atoms with Gasteiger partial charge in [0.05, 0.1) is 11.5 Å². The van der Waals surface area contributed by atoms with Crippen molar-refractivity contribution in [3.05, 3.63) is 23.8 Å². The molecule has 0 spiro atoms. The van der Waals surface area contributed by atoms with Gasteiger partial charge in [-0.2, -0.15) is 0 Å². The minimum Gasteiger partial charge on any atom is -0.768 e. The summed E-state index contributed by atoms with van der Waals surface area (Å²) in [6, 6.07) is 5.08. The molecule has 1 atom stereocenters. The molecule has 0 radical (unpaired) electrons. The predicted octanol–water partition coefficient (Wildman–Crippen LogP) is -1.36. The van der Waals surface area contributed by atoms with Gasteiger partial charge in [0.2, 0.25) is 0 Å². The van der Waals surface area contributed by atoms with E-state index in [0.29, 0.717) is 12.4 Å². The number of benzene rings is 1. The topological polar surface area (TPSA) is 49.4 Å². The average Bonchev–Trinajstić information content (AvgIpc) is 2.08. The molecule has 5 heteroatoms. The minimum atomic E-state index is -2.23. The third-order valence-electron chi connectivity index (χ3n) is 1.58. The molecule has 0 fully saturated rings. The first kappa shape index (κ1) is 14.1. The van der Waals surface area contributed by atoms with Crippen molar-refractivity contribution >= 4 is 11.1 Å². The first-order valence-corrected chi connectivity index (χ1v) is 5.05. The van der Waals surface area contributed by atoms with Gasteiger partial charge in [-0.1, -0.05) is 6.07 Å². The van der Waals surface area contributed by atoms with Crippen LogP contribution in [0.25, 0.3) is 0 Å². The zero-order valence-corrected chi connectivity index (χ0v) is 11.4. The second-order valence-corrected chi connectivity index (χ2v) is 3.53. The van der Waals surface area contributed by atoms with Crippen molar-refractivity contribution in [2.24, 2.45) is 0 Å². The summed E-state index contributed by atoms with van der Waals surface area (Å²) < 4.78 is 26.7. The molecule has 14 heavy (non-hydrogen) atoms. The Hall–Kier alpha value is 0.130. The second-order valence-electron chi connectivity index (χ2n) is 2.62. The predicted molar refractivity (Wildman–Crippen MR) is 49.5 cm³/mol. The molecule has 0 aromatic heterocycles. The Morgan fingerprint density at radius 2 is 2.14 bits per heavy atom. The van der Waals surface area contributed by atoms with Crippen LogP contribution in [0.5, 0.6) is 5.75 Å². The Kier molecular flexibility index (Phi) is 6.64. The molecular formula is C9H11NaO3S. The quantitative estimate of drug-likeness (QED) is 0.468. The van der Waals surface area contributed by atoms with E-state index in [0.717, 1.165) is 5.56 Å². The number of hydrogen-bond acceptors (Lipinski definition) is 3. The molecule has 0 aliphatic rings. The van der Waals surface area contributed by atoms with Gasteiger partial charge in [0.1, 0.15) is 5.75 Å². The van der Waals surface area contributed by atoms with Gasteiger partial charge in [0.25, 0.3) is 0 Å². The molecule has 0 heterocycles. The maximum atomic E-state index is 10.8. The molecule has 3 nitrogen and oxygen atoms in total. The third-order valence-corrected chi connectivity index (χ3v) is 2.26. The number of ether oxygens (including phenoxy) is 1. The standard InChI is InChI=1S/C9H12O3S.Na/c1-3-12-8-5-4-7(2)6-9(8)13(10)11;/h4-6H,3H2,1-2H3,(H,10,11);/q;+1/p-1. The van der Waals surface area contributed by atoms with Crippen LogP contribution in [0.15, 0.2) is 23.1 Å². The zero-order valence-electron chi connectivity index (χ0n) is 8.57. The third kappa shape index (κ3) is 3.71. The van der Waals surface area contributed by atoms with Gasteiger partial charge >= 0.3 is 29.6 Å². The van der Waals surface area contributed by atoms with Crippen molar-refractivity contribution in [1.82, 2.24) is 0 Å². The Balaban J connectivity index is 0.00000169. The smallest absolute Gasteiger partial charge is 0.768 e. The van der Waals surface area contributed by atoms with Crippen molar-refractivity contribution in [3.8, 4) is 5.75 Å². The fourth-order valence-corrected chi connectivity index (χ4v) is 1.59. The molecule has 0 amide bonds. The molecule has 1 aromatic carbocycles. The first-order chi connectivity index (χ1) is 6.15. The van der Waals surface area contributed by atoms with Gasteiger partial charge < -0.3 is 9.29 Å². The van der Waals surface area contributed by atoms with E-state index in [-0.39, 0.29) is 34.5 Å². The van der Waals surface area contributed by atoms with Gasteiger partial charge in [-0.25, -0.2) is 0 Å². The van der Waals surface area contributed by atoms with Gasteiger partial charge in [-0.3, -0.25) is 4.21 Å². The molecule has 0 saturated heterocycles. The van der Waals surface area contributed by atoms with Crippen molar-refractivity contribution in [3.63, 3.8) is 0 Å². The van der Waals surface area contributed by atoms with E-state index in [4.69, 9.17) is 4.74 Å². The van der Waals surface area contributed by atoms with E-state index in [1.165, 1.54) is 0 Å². The van der Waals surface area contributed by atoms with Crippen LogP contribution in [0.2, 0.25) is 0 Å². The van der Waals surface area contributed by atoms with Crippen LogP contribution in [-0.2, 0) is 11.1 Å². The van der Waals surface area contributed by atoms with Gasteiger partial charge in [0, 0.05) is 0 Å². The Morgan fingerprint density at radius 3 is 2.64 bits per heavy atom. The summed E-state index contributed by atoms with van der Waals surface area (Å²) in [5.74, 6) is 0.418. The van der Waals surface area contributed by atoms with Gasteiger partial charge in [0.15, 0.2) is 0 Å². The molecule has 0 bridgehead atoms. The maximum Gasteiger partial charge on any atom is 1.00 e. The van der Waals surface area contributed by atoms with E-state index >= 15 is 0 Å². The summed E-state index contributed by atoms with van der Waals surface area (Å²) >= 11 is -2.23. The second kappa shape index (κ2) is 6.58. The van der Waals surface area contributed by atoms with Crippen LogP contribution < -0.4 is 34.3 Å².